The second-order valence-corrected chi connectivity index (χ2v) is 8.00. The van der Waals surface area contributed by atoms with E-state index in [0.717, 1.165) is 44.5 Å². The first kappa shape index (κ1) is 24.1. The lowest BCUT2D eigenvalue weighted by atomic mass is 10.1. The molecule has 2 aliphatic rings. The number of halogens is 1. The van der Waals surface area contributed by atoms with E-state index in [-0.39, 0.29) is 24.0 Å². The summed E-state index contributed by atoms with van der Waals surface area (Å²) in [7, 11) is 4.02. The van der Waals surface area contributed by atoms with Crippen molar-refractivity contribution in [1.29, 1.82) is 0 Å². The molecule has 2 saturated heterocycles. The highest BCUT2D eigenvalue weighted by molar-refractivity contribution is 14.0. The molecule has 2 aliphatic heterocycles. The molecule has 0 amide bonds. The van der Waals surface area contributed by atoms with Gasteiger partial charge in [0.1, 0.15) is 5.82 Å². The number of pyridine rings is 1. The predicted molar refractivity (Wildman–Crippen MR) is 132 cm³/mol. The zero-order valence-electron chi connectivity index (χ0n) is 18.2. The van der Waals surface area contributed by atoms with Crippen LogP contribution in [0.15, 0.2) is 23.3 Å². The van der Waals surface area contributed by atoms with Gasteiger partial charge in [-0.1, -0.05) is 13.0 Å². The molecule has 1 aromatic heterocycles. The topological polar surface area (TPSA) is 59.0 Å². The van der Waals surface area contributed by atoms with Gasteiger partial charge in [0, 0.05) is 65.1 Å². The van der Waals surface area contributed by atoms with Gasteiger partial charge in [-0.3, -0.25) is 4.99 Å². The van der Waals surface area contributed by atoms with Crippen molar-refractivity contribution < 1.29 is 0 Å². The zero-order chi connectivity index (χ0) is 19.8. The van der Waals surface area contributed by atoms with Crippen LogP contribution < -0.4 is 15.5 Å². The minimum atomic E-state index is 0. The quantitative estimate of drug-likeness (QED) is 0.344. The first-order valence-electron chi connectivity index (χ1n) is 10.8. The summed E-state index contributed by atoms with van der Waals surface area (Å²) in [5, 5.41) is 7.02. The van der Waals surface area contributed by atoms with Crippen LogP contribution in [0.25, 0.3) is 0 Å². The van der Waals surface area contributed by atoms with E-state index in [4.69, 9.17) is 0 Å². The lowest BCUT2D eigenvalue weighted by Gasteiger charge is -2.33. The summed E-state index contributed by atoms with van der Waals surface area (Å²) in [6.45, 7) is 10.9. The number of hydrogen-bond acceptors (Lipinski definition) is 5. The van der Waals surface area contributed by atoms with Crippen LogP contribution in [0.4, 0.5) is 5.82 Å². The molecular formula is C21H38IN7. The Morgan fingerprint density at radius 3 is 2.45 bits per heavy atom. The van der Waals surface area contributed by atoms with Gasteiger partial charge in [-0.2, -0.15) is 0 Å². The van der Waals surface area contributed by atoms with Crippen LogP contribution in [0.2, 0.25) is 0 Å². The van der Waals surface area contributed by atoms with Gasteiger partial charge in [-0.15, -0.1) is 24.0 Å². The third kappa shape index (κ3) is 7.57. The smallest absolute Gasteiger partial charge is 0.191 e. The number of likely N-dealkylation sites (N-methyl/N-ethyl adjacent to an activating group) is 1. The maximum atomic E-state index is 4.67. The summed E-state index contributed by atoms with van der Waals surface area (Å²) >= 11 is 0. The van der Waals surface area contributed by atoms with E-state index in [9.17, 15) is 0 Å². The number of piperazine rings is 1. The number of anilines is 1. The second-order valence-electron chi connectivity index (χ2n) is 8.00. The molecule has 7 nitrogen and oxygen atoms in total. The minimum absolute atomic E-state index is 0. The third-order valence-corrected chi connectivity index (χ3v) is 5.79. The largest absolute Gasteiger partial charge is 0.354 e. The SMILES string of the molecule is CCCN1CCC(NC(=NC)NCc2ccc(N3CCN(C)CC3)nc2)CC1.I. The monoisotopic (exact) mass is 515 g/mol. The van der Waals surface area contributed by atoms with E-state index < -0.39 is 0 Å². The van der Waals surface area contributed by atoms with E-state index in [1.807, 2.05) is 13.2 Å². The average molecular weight is 515 g/mol. The molecule has 0 aliphatic carbocycles. The van der Waals surface area contributed by atoms with Crippen molar-refractivity contribution in [2.24, 2.45) is 4.99 Å². The first-order valence-corrected chi connectivity index (χ1v) is 10.8. The number of aromatic nitrogens is 1. The van der Waals surface area contributed by atoms with E-state index in [1.165, 1.54) is 44.5 Å². The number of rotatable bonds is 6. The summed E-state index contributed by atoms with van der Waals surface area (Å²) in [5.41, 5.74) is 1.18. The molecule has 0 radical (unpaired) electrons. The molecule has 3 rings (SSSR count). The lowest BCUT2D eigenvalue weighted by Crippen LogP contribution is -2.48. The number of guanidine groups is 1. The molecule has 2 fully saturated rings. The molecule has 8 heteroatoms. The molecule has 1 aromatic rings. The summed E-state index contributed by atoms with van der Waals surface area (Å²) in [6, 6.07) is 4.82. The number of aliphatic imine (C=N–C) groups is 1. The number of piperidine rings is 1. The van der Waals surface area contributed by atoms with Crippen molar-refractivity contribution in [1.82, 2.24) is 25.4 Å². The second kappa shape index (κ2) is 12.5. The first-order chi connectivity index (χ1) is 13.7. The van der Waals surface area contributed by atoms with Gasteiger partial charge in [0.2, 0.25) is 0 Å². The summed E-state index contributed by atoms with van der Waals surface area (Å²) in [5.74, 6) is 1.97. The molecule has 29 heavy (non-hydrogen) atoms. The fourth-order valence-electron chi connectivity index (χ4n) is 3.93. The van der Waals surface area contributed by atoms with Crippen molar-refractivity contribution in [3.05, 3.63) is 23.9 Å². The third-order valence-electron chi connectivity index (χ3n) is 5.79. The Balaban J connectivity index is 0.00000300. The molecule has 0 aromatic carbocycles. The molecule has 0 unspecified atom stereocenters. The Bertz CT molecular complexity index is 606. The van der Waals surface area contributed by atoms with Gasteiger partial charge in [0.15, 0.2) is 5.96 Å². The van der Waals surface area contributed by atoms with Gasteiger partial charge in [0.25, 0.3) is 0 Å². The van der Waals surface area contributed by atoms with E-state index in [1.54, 1.807) is 0 Å². The van der Waals surface area contributed by atoms with Crippen molar-refractivity contribution >= 4 is 35.8 Å². The number of hydrogen-bond donors (Lipinski definition) is 2. The van der Waals surface area contributed by atoms with Gasteiger partial charge in [0.05, 0.1) is 0 Å². The fraction of sp³-hybridized carbons (Fsp3) is 0.714. The average Bonchev–Trinajstić information content (AvgIpc) is 2.73. The highest BCUT2D eigenvalue weighted by Gasteiger charge is 2.19. The van der Waals surface area contributed by atoms with Crippen LogP contribution in [0.5, 0.6) is 0 Å². The fourth-order valence-corrected chi connectivity index (χ4v) is 3.93. The molecule has 0 bridgehead atoms. The van der Waals surface area contributed by atoms with Gasteiger partial charge in [-0.05, 0) is 44.5 Å². The van der Waals surface area contributed by atoms with Crippen molar-refractivity contribution in [3.8, 4) is 0 Å². The normalized spacial score (nSPS) is 19.7. The van der Waals surface area contributed by atoms with Crippen molar-refractivity contribution in [3.63, 3.8) is 0 Å². The van der Waals surface area contributed by atoms with Crippen LogP contribution in [-0.2, 0) is 6.54 Å². The molecule has 164 valence electrons. The molecular weight excluding hydrogens is 477 g/mol. The van der Waals surface area contributed by atoms with Gasteiger partial charge >= 0.3 is 0 Å². The van der Waals surface area contributed by atoms with E-state index in [2.05, 4.69) is 61.4 Å². The Morgan fingerprint density at radius 1 is 1.14 bits per heavy atom. The maximum absolute atomic E-state index is 4.67. The van der Waals surface area contributed by atoms with Crippen LogP contribution in [-0.4, -0.2) is 86.7 Å². The number of likely N-dealkylation sites (tertiary alicyclic amines) is 1. The Labute approximate surface area is 193 Å². The predicted octanol–water partition coefficient (Wildman–Crippen LogP) is 1.99. The standard InChI is InChI=1S/C21H37N7.HI/c1-4-9-27-10-7-19(8-11-27)25-21(22-2)24-17-18-5-6-20(23-16-18)28-14-12-26(3)13-15-28;/h5-6,16,19H,4,7-15,17H2,1-3H3,(H2,22,24,25);1H. The lowest BCUT2D eigenvalue weighted by molar-refractivity contribution is 0.206. The molecule has 0 atom stereocenters. The van der Waals surface area contributed by atoms with Crippen molar-refractivity contribution in [2.45, 2.75) is 38.8 Å². The summed E-state index contributed by atoms with van der Waals surface area (Å²) in [4.78, 5) is 16.4. The minimum Gasteiger partial charge on any atom is -0.354 e. The van der Waals surface area contributed by atoms with E-state index in [0.29, 0.717) is 6.04 Å². The number of nitrogens with zero attached hydrogens (tertiary/aromatic N) is 5. The zero-order valence-corrected chi connectivity index (χ0v) is 20.6. The van der Waals surface area contributed by atoms with Crippen LogP contribution in [0, 0.1) is 0 Å². The molecule has 2 N–H and O–H groups in total. The molecule has 3 heterocycles. The summed E-state index contributed by atoms with van der Waals surface area (Å²) in [6.07, 6.45) is 5.59. The van der Waals surface area contributed by atoms with Gasteiger partial charge < -0.3 is 25.3 Å². The maximum Gasteiger partial charge on any atom is 0.191 e. The Morgan fingerprint density at radius 2 is 1.86 bits per heavy atom. The van der Waals surface area contributed by atoms with Gasteiger partial charge in [-0.25, -0.2) is 4.98 Å². The van der Waals surface area contributed by atoms with Crippen LogP contribution in [0.3, 0.4) is 0 Å². The Hall–Kier alpha value is -1.13. The highest BCUT2D eigenvalue weighted by atomic mass is 127. The Kier molecular flexibility index (Phi) is 10.4. The van der Waals surface area contributed by atoms with Crippen LogP contribution >= 0.6 is 24.0 Å². The van der Waals surface area contributed by atoms with E-state index >= 15 is 0 Å². The summed E-state index contributed by atoms with van der Waals surface area (Å²) < 4.78 is 0. The molecule has 0 saturated carbocycles. The highest BCUT2D eigenvalue weighted by Crippen LogP contribution is 2.14. The van der Waals surface area contributed by atoms with Crippen molar-refractivity contribution in [2.75, 3.05) is 64.8 Å². The molecule has 0 spiro atoms. The number of nitrogens with one attached hydrogen (secondary N) is 2. The van der Waals surface area contributed by atoms with Crippen LogP contribution in [0.1, 0.15) is 31.7 Å².